The molecule has 3 heteroatoms. The minimum Gasteiger partial charge on any atom is -0.341 e. The number of amides is 1. The molecular weight excluding hydrogens is 302 g/mol. The summed E-state index contributed by atoms with van der Waals surface area (Å²) in [5, 5.41) is -0.184. The Bertz CT molecular complexity index is 579. The molecule has 122 valence electrons. The minimum atomic E-state index is -0.184. The maximum Gasteiger partial charge on any atom is 0.240 e. The minimum absolute atomic E-state index is 0.184. The summed E-state index contributed by atoms with van der Waals surface area (Å²) in [6.07, 6.45) is 1.98. The first-order valence-electron chi connectivity index (χ1n) is 8.31. The van der Waals surface area contributed by atoms with Crippen LogP contribution in [0.25, 0.3) is 0 Å². The van der Waals surface area contributed by atoms with Gasteiger partial charge in [-0.3, -0.25) is 4.79 Å². The number of rotatable bonds is 8. The molecule has 0 aromatic heterocycles. The summed E-state index contributed by atoms with van der Waals surface area (Å²) >= 11 is 1.64. The van der Waals surface area contributed by atoms with Crippen LogP contribution in [0.2, 0.25) is 0 Å². The summed E-state index contributed by atoms with van der Waals surface area (Å²) < 4.78 is 0. The molecule has 23 heavy (non-hydrogen) atoms. The first-order valence-corrected chi connectivity index (χ1v) is 9.19. The summed E-state index contributed by atoms with van der Waals surface area (Å²) in [5.41, 5.74) is 1.07. The van der Waals surface area contributed by atoms with E-state index in [-0.39, 0.29) is 11.2 Å². The quantitative estimate of drug-likeness (QED) is 0.624. The van der Waals surface area contributed by atoms with E-state index in [1.54, 1.807) is 11.8 Å². The van der Waals surface area contributed by atoms with Crippen LogP contribution in [0.1, 0.15) is 37.5 Å². The van der Waals surface area contributed by atoms with Gasteiger partial charge in [0.1, 0.15) is 5.25 Å². The highest BCUT2D eigenvalue weighted by atomic mass is 32.2. The smallest absolute Gasteiger partial charge is 0.240 e. The zero-order valence-corrected chi connectivity index (χ0v) is 14.8. The summed E-state index contributed by atoms with van der Waals surface area (Å²) in [4.78, 5) is 16.3. The molecule has 0 spiro atoms. The molecule has 0 aliphatic rings. The fourth-order valence-electron chi connectivity index (χ4n) is 2.56. The van der Waals surface area contributed by atoms with Gasteiger partial charge in [-0.2, -0.15) is 0 Å². The molecule has 1 unspecified atom stereocenters. The van der Waals surface area contributed by atoms with Crippen molar-refractivity contribution < 1.29 is 4.79 Å². The number of carbonyl (C=O) groups is 1. The maximum absolute atomic E-state index is 13.1. The van der Waals surface area contributed by atoms with Gasteiger partial charge in [-0.1, -0.05) is 62.4 Å². The second-order valence-corrected chi connectivity index (χ2v) is 6.73. The molecule has 0 saturated heterocycles. The Balaban J connectivity index is 2.27. The lowest BCUT2D eigenvalue weighted by Gasteiger charge is -2.27. The van der Waals surface area contributed by atoms with Crippen LogP contribution < -0.4 is 0 Å². The van der Waals surface area contributed by atoms with E-state index in [9.17, 15) is 4.79 Å². The number of hydrogen-bond donors (Lipinski definition) is 0. The van der Waals surface area contributed by atoms with E-state index in [1.807, 2.05) is 41.3 Å². The van der Waals surface area contributed by atoms with Crippen molar-refractivity contribution in [1.29, 1.82) is 0 Å². The number of carbonyl (C=O) groups excluding carboxylic acids is 1. The Kier molecular flexibility index (Phi) is 7.21. The van der Waals surface area contributed by atoms with Crippen molar-refractivity contribution in [2.75, 3.05) is 13.1 Å². The third-order valence-electron chi connectivity index (χ3n) is 3.62. The van der Waals surface area contributed by atoms with Crippen LogP contribution in [0.3, 0.4) is 0 Å². The van der Waals surface area contributed by atoms with Crippen LogP contribution in [0.4, 0.5) is 0 Å². The van der Waals surface area contributed by atoms with Crippen molar-refractivity contribution in [3.8, 4) is 0 Å². The fourth-order valence-corrected chi connectivity index (χ4v) is 3.69. The Hall–Kier alpha value is -1.74. The molecule has 2 aromatic rings. The number of nitrogens with zero attached hydrogens (tertiary/aromatic N) is 1. The van der Waals surface area contributed by atoms with Gasteiger partial charge in [-0.15, -0.1) is 11.8 Å². The van der Waals surface area contributed by atoms with Crippen LogP contribution in [0, 0.1) is 0 Å². The molecule has 2 aromatic carbocycles. The van der Waals surface area contributed by atoms with E-state index in [1.165, 1.54) is 0 Å². The average Bonchev–Trinajstić information content (AvgIpc) is 2.60. The van der Waals surface area contributed by atoms with Gasteiger partial charge in [0.2, 0.25) is 5.91 Å². The highest BCUT2D eigenvalue weighted by Gasteiger charge is 2.26. The van der Waals surface area contributed by atoms with E-state index < -0.39 is 0 Å². The topological polar surface area (TPSA) is 20.3 Å². The van der Waals surface area contributed by atoms with Gasteiger partial charge in [-0.25, -0.2) is 0 Å². The van der Waals surface area contributed by atoms with E-state index >= 15 is 0 Å². The first kappa shape index (κ1) is 17.6. The van der Waals surface area contributed by atoms with Crippen molar-refractivity contribution in [3.05, 3.63) is 66.2 Å². The summed E-state index contributed by atoms with van der Waals surface area (Å²) in [6.45, 7) is 5.90. The van der Waals surface area contributed by atoms with Crippen LogP contribution in [0.5, 0.6) is 0 Å². The van der Waals surface area contributed by atoms with E-state index in [2.05, 4.69) is 38.1 Å². The van der Waals surface area contributed by atoms with Gasteiger partial charge in [0.05, 0.1) is 0 Å². The lowest BCUT2D eigenvalue weighted by atomic mass is 10.1. The van der Waals surface area contributed by atoms with Crippen LogP contribution in [-0.2, 0) is 4.79 Å². The van der Waals surface area contributed by atoms with Gasteiger partial charge in [0.25, 0.3) is 0 Å². The molecule has 0 heterocycles. The second kappa shape index (κ2) is 9.41. The predicted molar refractivity (Wildman–Crippen MR) is 98.6 cm³/mol. The highest BCUT2D eigenvalue weighted by molar-refractivity contribution is 8.00. The van der Waals surface area contributed by atoms with Crippen molar-refractivity contribution in [2.24, 2.45) is 0 Å². The Morgan fingerprint density at radius 1 is 0.913 bits per heavy atom. The van der Waals surface area contributed by atoms with Crippen molar-refractivity contribution in [2.45, 2.75) is 36.8 Å². The van der Waals surface area contributed by atoms with Gasteiger partial charge < -0.3 is 4.90 Å². The van der Waals surface area contributed by atoms with Crippen LogP contribution in [-0.4, -0.2) is 23.9 Å². The lowest BCUT2D eigenvalue weighted by Crippen LogP contribution is -2.35. The molecular formula is C20H25NOS. The molecule has 0 saturated carbocycles. The maximum atomic E-state index is 13.1. The lowest BCUT2D eigenvalue weighted by molar-refractivity contribution is -0.130. The van der Waals surface area contributed by atoms with Gasteiger partial charge in [0, 0.05) is 18.0 Å². The molecule has 0 aliphatic carbocycles. The number of thioether (sulfide) groups is 1. The highest BCUT2D eigenvalue weighted by Crippen LogP contribution is 2.36. The SMILES string of the molecule is CCCN(CCC)C(=O)C(Sc1ccccc1)c1ccccc1. The standard InChI is InChI=1S/C20H25NOS/c1-3-15-21(16-4-2)20(22)19(17-11-7-5-8-12-17)23-18-13-9-6-10-14-18/h5-14,19H,3-4,15-16H2,1-2H3. The summed E-state index contributed by atoms with van der Waals surface area (Å²) in [7, 11) is 0. The second-order valence-electron chi connectivity index (χ2n) is 5.55. The third kappa shape index (κ3) is 5.14. The predicted octanol–water partition coefficient (Wildman–Crippen LogP) is 5.17. The van der Waals surface area contributed by atoms with Crippen LogP contribution in [0.15, 0.2) is 65.6 Å². The van der Waals surface area contributed by atoms with Gasteiger partial charge in [0.15, 0.2) is 0 Å². The molecule has 0 radical (unpaired) electrons. The van der Waals surface area contributed by atoms with Crippen molar-refractivity contribution >= 4 is 17.7 Å². The molecule has 2 nitrogen and oxygen atoms in total. The van der Waals surface area contributed by atoms with E-state index in [0.29, 0.717) is 0 Å². The number of hydrogen-bond acceptors (Lipinski definition) is 2. The molecule has 0 aliphatic heterocycles. The normalized spacial score (nSPS) is 11.9. The Morgan fingerprint density at radius 2 is 1.43 bits per heavy atom. The molecule has 1 amide bonds. The largest absolute Gasteiger partial charge is 0.341 e. The fraction of sp³-hybridized carbons (Fsp3) is 0.350. The third-order valence-corrected chi connectivity index (χ3v) is 4.88. The molecule has 0 fully saturated rings. The summed E-state index contributed by atoms with van der Waals surface area (Å²) in [5.74, 6) is 0.216. The van der Waals surface area contributed by atoms with E-state index in [4.69, 9.17) is 0 Å². The van der Waals surface area contributed by atoms with Gasteiger partial charge in [-0.05, 0) is 30.5 Å². The monoisotopic (exact) mass is 327 g/mol. The van der Waals surface area contributed by atoms with Crippen LogP contribution >= 0.6 is 11.8 Å². The Morgan fingerprint density at radius 3 is 1.96 bits per heavy atom. The van der Waals surface area contributed by atoms with Crippen molar-refractivity contribution in [3.63, 3.8) is 0 Å². The Labute approximate surface area is 143 Å². The average molecular weight is 327 g/mol. The number of benzene rings is 2. The zero-order valence-electron chi connectivity index (χ0n) is 13.9. The van der Waals surface area contributed by atoms with Gasteiger partial charge >= 0.3 is 0 Å². The molecule has 2 rings (SSSR count). The molecule has 0 bridgehead atoms. The molecule has 0 N–H and O–H groups in total. The first-order chi connectivity index (χ1) is 11.3. The van der Waals surface area contributed by atoms with E-state index in [0.717, 1.165) is 36.4 Å². The molecule has 1 atom stereocenters. The van der Waals surface area contributed by atoms with Crippen molar-refractivity contribution in [1.82, 2.24) is 4.90 Å². The zero-order chi connectivity index (χ0) is 16.5. The summed E-state index contributed by atoms with van der Waals surface area (Å²) in [6, 6.07) is 20.3.